The third kappa shape index (κ3) is 3.08. The number of carbonyl (C=O) groups excluding carboxylic acids is 1. The summed E-state index contributed by atoms with van der Waals surface area (Å²) in [4.78, 5) is 17.7. The number of carbonyl (C=O) groups is 1. The van der Waals surface area contributed by atoms with Crippen LogP contribution in [-0.2, 0) is 4.79 Å². The van der Waals surface area contributed by atoms with Gasteiger partial charge in [0.15, 0.2) is 11.3 Å². The maximum atomic E-state index is 12.8. The third-order valence-corrected chi connectivity index (χ3v) is 5.08. The van der Waals surface area contributed by atoms with E-state index in [0.717, 1.165) is 27.5 Å². The second-order valence-electron chi connectivity index (χ2n) is 6.23. The van der Waals surface area contributed by atoms with Crippen LogP contribution < -0.4 is 20.6 Å². The van der Waals surface area contributed by atoms with E-state index in [9.17, 15) is 4.79 Å². The first-order valence-corrected chi connectivity index (χ1v) is 9.98. The molecule has 2 aromatic carbocycles. The number of aryl methyl sites for hydroxylation is 1. The van der Waals surface area contributed by atoms with Crippen molar-refractivity contribution in [1.82, 2.24) is 10.3 Å². The van der Waals surface area contributed by atoms with Crippen molar-refractivity contribution in [3.63, 3.8) is 0 Å². The van der Waals surface area contributed by atoms with Crippen LogP contribution >= 0.6 is 11.8 Å². The standard InChI is InChI=1S/C20H20N4O2S/c1-4-26-16-10-9-13(11-12(16)2)18-21-15-8-6-5-7-14(15)17-19(25)22-20(27-3)23-24(17)18/h5-11,18H,4H2,1-3H3,(H,22,23,25)/t18-/m1/s1. The van der Waals surface area contributed by atoms with Crippen molar-refractivity contribution in [2.75, 3.05) is 12.9 Å². The average molecular weight is 380 g/mol. The summed E-state index contributed by atoms with van der Waals surface area (Å²) in [6.45, 7) is 4.59. The molecule has 0 aromatic heterocycles. The van der Waals surface area contributed by atoms with Gasteiger partial charge in [0.25, 0.3) is 5.91 Å². The van der Waals surface area contributed by atoms with Crippen molar-refractivity contribution in [2.45, 2.75) is 20.0 Å². The van der Waals surface area contributed by atoms with Crippen LogP contribution in [0.3, 0.4) is 0 Å². The molecule has 7 heteroatoms. The van der Waals surface area contributed by atoms with Gasteiger partial charge in [-0.05, 0) is 49.4 Å². The van der Waals surface area contributed by atoms with E-state index < -0.39 is 6.17 Å². The smallest absolute Gasteiger partial charge is 0.276 e. The van der Waals surface area contributed by atoms with E-state index in [0.29, 0.717) is 17.5 Å². The van der Waals surface area contributed by atoms with Crippen molar-refractivity contribution in [2.24, 2.45) is 10.1 Å². The summed E-state index contributed by atoms with van der Waals surface area (Å²) in [5.74, 6) is 0.690. The van der Waals surface area contributed by atoms with Gasteiger partial charge in [-0.1, -0.05) is 36.0 Å². The Labute approximate surface area is 161 Å². The van der Waals surface area contributed by atoms with E-state index in [1.165, 1.54) is 11.8 Å². The summed E-state index contributed by atoms with van der Waals surface area (Å²) >= 11 is 1.40. The minimum Gasteiger partial charge on any atom is -0.494 e. The summed E-state index contributed by atoms with van der Waals surface area (Å²) in [6, 6.07) is 13.6. The number of benzene rings is 2. The maximum Gasteiger partial charge on any atom is 0.276 e. The van der Waals surface area contributed by atoms with Crippen LogP contribution in [0.1, 0.15) is 24.2 Å². The Kier molecular flexibility index (Phi) is 4.61. The van der Waals surface area contributed by atoms with Crippen molar-refractivity contribution in [3.05, 3.63) is 64.2 Å². The number of para-hydroxylation sites is 1. The highest BCUT2D eigenvalue weighted by Crippen LogP contribution is 2.32. The van der Waals surface area contributed by atoms with Crippen molar-refractivity contribution < 1.29 is 9.53 Å². The molecule has 0 spiro atoms. The Morgan fingerprint density at radius 2 is 2.07 bits per heavy atom. The highest BCUT2D eigenvalue weighted by Gasteiger charge is 2.34. The van der Waals surface area contributed by atoms with E-state index in [2.05, 4.69) is 10.4 Å². The van der Waals surface area contributed by atoms with Gasteiger partial charge in [-0.25, -0.2) is 5.01 Å². The minimum absolute atomic E-state index is 0.163. The predicted octanol–water partition coefficient (Wildman–Crippen LogP) is 1.90. The van der Waals surface area contributed by atoms with Gasteiger partial charge in [-0.15, -0.1) is 5.10 Å². The third-order valence-electron chi connectivity index (χ3n) is 4.51. The molecule has 27 heavy (non-hydrogen) atoms. The van der Waals surface area contributed by atoms with E-state index in [1.807, 2.05) is 62.6 Å². The van der Waals surface area contributed by atoms with Gasteiger partial charge in [0.2, 0.25) is 0 Å². The van der Waals surface area contributed by atoms with Crippen LogP contribution in [0.15, 0.2) is 52.6 Å². The molecule has 0 unspecified atom stereocenters. The van der Waals surface area contributed by atoms with Crippen LogP contribution in [0.2, 0.25) is 0 Å². The van der Waals surface area contributed by atoms with E-state index in [-0.39, 0.29) is 5.91 Å². The van der Waals surface area contributed by atoms with Gasteiger partial charge in [-0.2, -0.15) is 0 Å². The number of hydrogen-bond acceptors (Lipinski definition) is 6. The number of amidine groups is 1. The zero-order valence-corrected chi connectivity index (χ0v) is 16.2. The Morgan fingerprint density at radius 3 is 2.81 bits per heavy atom. The predicted molar refractivity (Wildman–Crippen MR) is 107 cm³/mol. The fourth-order valence-corrected chi connectivity index (χ4v) is 3.65. The number of hydrazone groups is 1. The normalized spacial score (nSPS) is 18.1. The van der Waals surface area contributed by atoms with Crippen LogP contribution in [0.25, 0.3) is 5.70 Å². The number of hydrogen-bond donors (Lipinski definition) is 1. The molecule has 2 aliphatic heterocycles. The lowest BCUT2D eigenvalue weighted by molar-refractivity contribution is -0.116. The summed E-state index contributed by atoms with van der Waals surface area (Å²) in [6.07, 6.45) is 1.48. The maximum absolute atomic E-state index is 12.8. The zero-order chi connectivity index (χ0) is 19.0. The van der Waals surface area contributed by atoms with Crippen LogP contribution in [0.5, 0.6) is 5.75 Å². The highest BCUT2D eigenvalue weighted by molar-refractivity contribution is 8.13. The lowest BCUT2D eigenvalue weighted by Gasteiger charge is -2.34. The molecule has 2 aliphatic rings. The first kappa shape index (κ1) is 17.6. The first-order valence-electron chi connectivity index (χ1n) is 8.76. The molecular formula is C20H20N4O2S. The lowest BCUT2D eigenvalue weighted by Crippen LogP contribution is -2.50. The van der Waals surface area contributed by atoms with Gasteiger partial charge in [-0.3, -0.25) is 15.1 Å². The van der Waals surface area contributed by atoms with E-state index >= 15 is 0 Å². The number of ether oxygens (including phenoxy) is 1. The number of nitrogens with one attached hydrogen (secondary N) is 1. The van der Waals surface area contributed by atoms with E-state index in [1.54, 1.807) is 5.01 Å². The summed E-state index contributed by atoms with van der Waals surface area (Å²) in [7, 11) is 0. The molecule has 0 radical (unpaired) electrons. The Balaban J connectivity index is 1.90. The molecule has 0 fully saturated rings. The topological polar surface area (TPSA) is 66.3 Å². The van der Waals surface area contributed by atoms with Gasteiger partial charge in [0.1, 0.15) is 11.4 Å². The molecule has 0 saturated carbocycles. The molecule has 1 atom stereocenters. The Bertz CT molecular complexity index is 1060. The molecule has 0 bridgehead atoms. The highest BCUT2D eigenvalue weighted by atomic mass is 32.2. The molecule has 4 rings (SSSR count). The molecule has 2 aromatic rings. The van der Waals surface area contributed by atoms with Gasteiger partial charge >= 0.3 is 0 Å². The minimum atomic E-state index is -0.405. The Morgan fingerprint density at radius 1 is 1.26 bits per heavy atom. The van der Waals surface area contributed by atoms with Crippen molar-refractivity contribution in [1.29, 1.82) is 0 Å². The second kappa shape index (κ2) is 7.08. The molecular weight excluding hydrogens is 360 g/mol. The SMILES string of the molecule is CCOc1ccc([C@@H]2N=c3ccccc3=C3C(=O)NC(SC)=NN32)cc1C. The monoisotopic (exact) mass is 380 g/mol. The van der Waals surface area contributed by atoms with Gasteiger partial charge in [0.05, 0.1) is 12.0 Å². The number of nitrogens with zero attached hydrogens (tertiary/aromatic N) is 3. The van der Waals surface area contributed by atoms with Gasteiger partial charge in [0, 0.05) is 5.22 Å². The molecule has 0 saturated heterocycles. The van der Waals surface area contributed by atoms with Crippen LogP contribution in [0, 0.1) is 6.92 Å². The van der Waals surface area contributed by atoms with E-state index in [4.69, 9.17) is 9.73 Å². The average Bonchev–Trinajstić information content (AvgIpc) is 2.68. The molecule has 1 amide bonds. The molecule has 0 aliphatic carbocycles. The fourth-order valence-electron chi connectivity index (χ4n) is 3.29. The number of fused-ring (bicyclic) bond motifs is 2. The number of thioether (sulfide) groups is 1. The summed E-state index contributed by atoms with van der Waals surface area (Å²) < 4.78 is 5.65. The zero-order valence-electron chi connectivity index (χ0n) is 15.4. The number of rotatable bonds is 3. The van der Waals surface area contributed by atoms with Crippen LogP contribution in [0.4, 0.5) is 0 Å². The quantitative estimate of drug-likeness (QED) is 0.883. The summed E-state index contributed by atoms with van der Waals surface area (Å²) in [5.41, 5.74) is 2.51. The molecule has 6 nitrogen and oxygen atoms in total. The molecule has 2 heterocycles. The number of amides is 1. The van der Waals surface area contributed by atoms with Gasteiger partial charge < -0.3 is 4.74 Å². The van der Waals surface area contributed by atoms with Crippen molar-refractivity contribution >= 4 is 28.5 Å². The fraction of sp³-hybridized carbons (Fsp3) is 0.250. The van der Waals surface area contributed by atoms with Crippen LogP contribution in [-0.4, -0.2) is 28.9 Å². The summed E-state index contributed by atoms with van der Waals surface area (Å²) in [5, 5.41) is 11.4. The molecule has 1 N–H and O–H groups in total. The molecule has 138 valence electrons. The Hall–Kier alpha value is -2.80. The largest absolute Gasteiger partial charge is 0.494 e. The lowest BCUT2D eigenvalue weighted by atomic mass is 10.1. The first-order chi connectivity index (χ1) is 13.1. The second-order valence-corrected chi connectivity index (χ2v) is 7.03. The van der Waals surface area contributed by atoms with Crippen molar-refractivity contribution in [3.8, 4) is 5.75 Å².